The molecule has 110 valence electrons. The van der Waals surface area contributed by atoms with Crippen molar-refractivity contribution >= 4 is 17.9 Å². The summed E-state index contributed by atoms with van der Waals surface area (Å²) in [5, 5.41) is 15.3. The molecule has 0 fully saturated rings. The number of carbonyl (C=O) groups excluding carboxylic acids is 2. The zero-order valence-corrected chi connectivity index (χ0v) is 11.1. The van der Waals surface area contributed by atoms with E-state index in [2.05, 4.69) is 20.9 Å². The fourth-order valence-corrected chi connectivity index (χ4v) is 1.28. The van der Waals surface area contributed by atoms with Gasteiger partial charge in [0.05, 0.1) is 12.7 Å². The maximum Gasteiger partial charge on any atom is 0.322 e. The number of amides is 3. The molecule has 0 radical (unpaired) electrons. The first-order valence-corrected chi connectivity index (χ1v) is 5.83. The SMILES string of the molecule is Cc1cnc(C(C)NC(=O)NCC(=O)NCC(=O)O)o1. The second kappa shape index (κ2) is 7.12. The molecule has 0 saturated carbocycles. The van der Waals surface area contributed by atoms with E-state index in [0.29, 0.717) is 11.7 Å². The van der Waals surface area contributed by atoms with Gasteiger partial charge in [0.1, 0.15) is 18.3 Å². The number of urea groups is 1. The van der Waals surface area contributed by atoms with Gasteiger partial charge < -0.3 is 25.5 Å². The van der Waals surface area contributed by atoms with Gasteiger partial charge >= 0.3 is 12.0 Å². The molecule has 0 bridgehead atoms. The molecule has 1 heterocycles. The lowest BCUT2D eigenvalue weighted by Crippen LogP contribution is -2.43. The van der Waals surface area contributed by atoms with E-state index in [4.69, 9.17) is 9.52 Å². The van der Waals surface area contributed by atoms with Crippen LogP contribution in [0.3, 0.4) is 0 Å². The van der Waals surface area contributed by atoms with Crippen LogP contribution in [0.2, 0.25) is 0 Å². The van der Waals surface area contributed by atoms with Crippen molar-refractivity contribution in [3.63, 3.8) is 0 Å². The minimum atomic E-state index is -1.16. The molecule has 0 aliphatic carbocycles. The van der Waals surface area contributed by atoms with Crippen molar-refractivity contribution < 1.29 is 23.9 Å². The Hall–Kier alpha value is -2.58. The van der Waals surface area contributed by atoms with Crippen LogP contribution in [0.4, 0.5) is 4.79 Å². The second-order valence-corrected chi connectivity index (χ2v) is 4.03. The summed E-state index contributed by atoms with van der Waals surface area (Å²) >= 11 is 0. The molecular weight excluding hydrogens is 268 g/mol. The Kier molecular flexibility index (Phi) is 5.51. The van der Waals surface area contributed by atoms with Crippen LogP contribution in [0.5, 0.6) is 0 Å². The molecule has 0 spiro atoms. The van der Waals surface area contributed by atoms with Gasteiger partial charge in [-0.2, -0.15) is 0 Å². The number of nitrogens with one attached hydrogen (secondary N) is 3. The number of hydrogen-bond acceptors (Lipinski definition) is 5. The van der Waals surface area contributed by atoms with Crippen LogP contribution in [-0.4, -0.2) is 41.1 Å². The first-order chi connectivity index (χ1) is 9.38. The average Bonchev–Trinajstić information content (AvgIpc) is 2.80. The van der Waals surface area contributed by atoms with Crippen molar-refractivity contribution in [3.8, 4) is 0 Å². The molecule has 3 amide bonds. The van der Waals surface area contributed by atoms with Gasteiger partial charge in [-0.05, 0) is 13.8 Å². The van der Waals surface area contributed by atoms with Gasteiger partial charge in [0.2, 0.25) is 11.8 Å². The maximum absolute atomic E-state index is 11.5. The molecule has 20 heavy (non-hydrogen) atoms. The van der Waals surface area contributed by atoms with Crippen molar-refractivity contribution in [1.82, 2.24) is 20.9 Å². The van der Waals surface area contributed by atoms with E-state index in [0.717, 1.165) is 0 Å². The number of aryl methyl sites for hydroxylation is 1. The molecule has 1 unspecified atom stereocenters. The van der Waals surface area contributed by atoms with Crippen molar-refractivity contribution in [2.75, 3.05) is 13.1 Å². The number of aromatic nitrogens is 1. The Labute approximate surface area is 114 Å². The minimum absolute atomic E-state index is 0.323. The number of nitrogens with zero attached hydrogens (tertiary/aromatic N) is 1. The van der Waals surface area contributed by atoms with Crippen LogP contribution in [0.1, 0.15) is 24.6 Å². The monoisotopic (exact) mass is 284 g/mol. The summed E-state index contributed by atoms with van der Waals surface area (Å²) in [4.78, 5) is 36.8. The van der Waals surface area contributed by atoms with Crippen LogP contribution >= 0.6 is 0 Å². The van der Waals surface area contributed by atoms with Crippen LogP contribution in [-0.2, 0) is 9.59 Å². The number of aliphatic carboxylic acids is 1. The number of carboxylic acid groups (broad SMARTS) is 1. The minimum Gasteiger partial charge on any atom is -0.480 e. The third-order valence-electron chi connectivity index (χ3n) is 2.20. The second-order valence-electron chi connectivity index (χ2n) is 4.03. The molecule has 0 aromatic carbocycles. The van der Waals surface area contributed by atoms with Crippen molar-refractivity contribution in [1.29, 1.82) is 0 Å². The Balaban J connectivity index is 2.29. The van der Waals surface area contributed by atoms with Crippen molar-refractivity contribution in [2.24, 2.45) is 0 Å². The Morgan fingerprint density at radius 2 is 2.05 bits per heavy atom. The van der Waals surface area contributed by atoms with E-state index in [9.17, 15) is 14.4 Å². The van der Waals surface area contributed by atoms with Crippen LogP contribution < -0.4 is 16.0 Å². The van der Waals surface area contributed by atoms with E-state index >= 15 is 0 Å². The lowest BCUT2D eigenvalue weighted by molar-refractivity contribution is -0.137. The van der Waals surface area contributed by atoms with Gasteiger partial charge in [-0.3, -0.25) is 9.59 Å². The number of rotatable bonds is 6. The molecule has 4 N–H and O–H groups in total. The van der Waals surface area contributed by atoms with E-state index in [1.165, 1.54) is 6.20 Å². The lowest BCUT2D eigenvalue weighted by Gasteiger charge is -2.11. The Morgan fingerprint density at radius 3 is 2.60 bits per heavy atom. The van der Waals surface area contributed by atoms with Gasteiger partial charge in [-0.1, -0.05) is 0 Å². The van der Waals surface area contributed by atoms with E-state index in [-0.39, 0.29) is 6.54 Å². The van der Waals surface area contributed by atoms with Crippen molar-refractivity contribution in [3.05, 3.63) is 17.8 Å². The zero-order chi connectivity index (χ0) is 15.1. The number of carboxylic acids is 1. The summed E-state index contributed by atoms with van der Waals surface area (Å²) in [6, 6.07) is -1.04. The van der Waals surface area contributed by atoms with Gasteiger partial charge in [-0.25, -0.2) is 9.78 Å². The Morgan fingerprint density at radius 1 is 1.35 bits per heavy atom. The summed E-state index contributed by atoms with van der Waals surface area (Å²) in [6.07, 6.45) is 1.53. The van der Waals surface area contributed by atoms with E-state index in [1.807, 2.05) is 0 Å². The third kappa shape index (κ3) is 5.38. The first-order valence-electron chi connectivity index (χ1n) is 5.83. The topological polar surface area (TPSA) is 134 Å². The molecule has 1 rings (SSSR count). The van der Waals surface area contributed by atoms with Crippen molar-refractivity contribution in [2.45, 2.75) is 19.9 Å². The van der Waals surface area contributed by atoms with Gasteiger partial charge in [-0.15, -0.1) is 0 Å². The fourth-order valence-electron chi connectivity index (χ4n) is 1.28. The molecule has 9 heteroatoms. The quantitative estimate of drug-likeness (QED) is 0.558. The van der Waals surface area contributed by atoms with Gasteiger partial charge in [0.15, 0.2) is 0 Å². The van der Waals surface area contributed by atoms with Crippen LogP contribution in [0.25, 0.3) is 0 Å². The normalized spacial score (nSPS) is 11.5. The molecule has 0 saturated heterocycles. The molecule has 1 atom stereocenters. The number of oxazole rings is 1. The molecule has 1 aromatic rings. The van der Waals surface area contributed by atoms with Crippen LogP contribution in [0, 0.1) is 6.92 Å². The summed E-state index contributed by atoms with van der Waals surface area (Å²) in [5.74, 6) is -0.770. The highest BCUT2D eigenvalue weighted by atomic mass is 16.4. The van der Waals surface area contributed by atoms with Gasteiger partial charge in [0.25, 0.3) is 0 Å². The standard InChI is InChI=1S/C11H16N4O5/c1-6-3-13-10(20-6)7(2)15-11(19)14-4-8(16)12-5-9(17)18/h3,7H,4-5H2,1-2H3,(H,12,16)(H,17,18)(H2,14,15,19). The molecular formula is C11H16N4O5. The summed E-state index contributed by atoms with van der Waals surface area (Å²) in [6.45, 7) is 2.59. The van der Waals surface area contributed by atoms with E-state index < -0.39 is 30.5 Å². The summed E-state index contributed by atoms with van der Waals surface area (Å²) in [7, 11) is 0. The highest BCUT2D eigenvalue weighted by molar-refractivity contribution is 5.86. The molecule has 1 aromatic heterocycles. The largest absolute Gasteiger partial charge is 0.480 e. The van der Waals surface area contributed by atoms with E-state index in [1.54, 1.807) is 13.8 Å². The number of hydrogen-bond donors (Lipinski definition) is 4. The molecule has 0 aliphatic heterocycles. The fraction of sp³-hybridized carbons (Fsp3) is 0.455. The molecule has 0 aliphatic rings. The third-order valence-corrected chi connectivity index (χ3v) is 2.20. The zero-order valence-electron chi connectivity index (χ0n) is 11.1. The number of carbonyl (C=O) groups is 3. The Bertz CT molecular complexity index is 499. The highest BCUT2D eigenvalue weighted by Crippen LogP contribution is 2.11. The summed E-state index contributed by atoms with van der Waals surface area (Å²) < 4.78 is 5.24. The lowest BCUT2D eigenvalue weighted by atomic mass is 10.3. The predicted molar refractivity (Wildman–Crippen MR) is 66.8 cm³/mol. The van der Waals surface area contributed by atoms with Crippen LogP contribution in [0.15, 0.2) is 10.6 Å². The smallest absolute Gasteiger partial charge is 0.322 e. The highest BCUT2D eigenvalue weighted by Gasteiger charge is 2.14. The van der Waals surface area contributed by atoms with Gasteiger partial charge in [0, 0.05) is 0 Å². The summed E-state index contributed by atoms with van der Waals surface area (Å²) in [5.41, 5.74) is 0. The maximum atomic E-state index is 11.5. The molecule has 9 nitrogen and oxygen atoms in total. The first kappa shape index (κ1) is 15.5. The predicted octanol–water partition coefficient (Wildman–Crippen LogP) is -0.456. The average molecular weight is 284 g/mol.